The summed E-state index contributed by atoms with van der Waals surface area (Å²) in [4.78, 5) is 17.3. The number of imidazole rings is 1. The van der Waals surface area contributed by atoms with Gasteiger partial charge in [0.25, 0.3) is 0 Å². The van der Waals surface area contributed by atoms with Crippen LogP contribution in [0.2, 0.25) is 0 Å². The highest BCUT2D eigenvalue weighted by molar-refractivity contribution is 5.89. The van der Waals surface area contributed by atoms with Crippen LogP contribution in [0.1, 0.15) is 165 Å². The van der Waals surface area contributed by atoms with E-state index in [1.54, 1.807) is 0 Å². The van der Waals surface area contributed by atoms with Crippen LogP contribution in [-0.4, -0.2) is 52.6 Å². The number of para-hydroxylation sites is 2. The number of fused-ring (bicyclic) bond motifs is 6. The molecule has 0 saturated heterocycles. The number of hydrogen-bond donors (Lipinski definition) is 0. The lowest BCUT2D eigenvalue weighted by atomic mass is 9.89. The van der Waals surface area contributed by atoms with E-state index in [4.69, 9.17) is 0 Å². The van der Waals surface area contributed by atoms with Crippen molar-refractivity contribution in [2.75, 3.05) is 0 Å². The van der Waals surface area contributed by atoms with Crippen molar-refractivity contribution in [3.63, 3.8) is 0 Å². The van der Waals surface area contributed by atoms with E-state index in [0.29, 0.717) is 0 Å². The summed E-state index contributed by atoms with van der Waals surface area (Å²) in [5.41, 5.74) is 16.0. The molecule has 0 aliphatic carbocycles. The summed E-state index contributed by atoms with van der Waals surface area (Å²) in [5.74, 6) is 1.14. The molecule has 0 saturated carbocycles. The summed E-state index contributed by atoms with van der Waals surface area (Å²) < 4.78 is 13.1. The maximum absolute atomic E-state index is 4.65. The first kappa shape index (κ1) is 64.8. The molecule has 0 amide bonds. The van der Waals surface area contributed by atoms with E-state index in [9.17, 15) is 0 Å². The zero-order valence-corrected chi connectivity index (χ0v) is 56.3. The molecule has 0 atom stereocenters. The summed E-state index contributed by atoms with van der Waals surface area (Å²) in [6, 6.07) is 40.1. The molecule has 85 heavy (non-hydrogen) atoms. The number of nitrogens with zero attached hydrogens (tertiary/aromatic N) is 11. The Hall–Kier alpha value is -7.79. The minimum absolute atomic E-state index is 0.105. The molecule has 0 bridgehead atoms. The second kappa shape index (κ2) is 24.7. The van der Waals surface area contributed by atoms with Crippen LogP contribution >= 0.6 is 0 Å². The Balaban J connectivity index is 0.000000146. The van der Waals surface area contributed by atoms with Gasteiger partial charge in [-0.25, -0.2) is 9.97 Å². The lowest BCUT2D eigenvalue weighted by Crippen LogP contribution is -2.17. The fourth-order valence-electron chi connectivity index (χ4n) is 12.0. The van der Waals surface area contributed by atoms with E-state index >= 15 is 0 Å². The zero-order valence-electron chi connectivity index (χ0n) is 56.3. The van der Waals surface area contributed by atoms with Crippen molar-refractivity contribution < 1.29 is 0 Å². The Morgan fingerprint density at radius 2 is 0.847 bits per heavy atom. The summed E-state index contributed by atoms with van der Waals surface area (Å²) >= 11 is 0. The third-order valence-corrected chi connectivity index (χ3v) is 15.8. The van der Waals surface area contributed by atoms with Gasteiger partial charge in [-0.05, 0) is 67.6 Å². The third-order valence-electron chi connectivity index (χ3n) is 15.8. The number of aromatic nitrogens is 11. The minimum Gasteiger partial charge on any atom is -0.350 e. The molecule has 3 aromatic carbocycles. The largest absolute Gasteiger partial charge is 0.350 e. The standard InChI is InChI=1S/C14H19N.5C12H16N2/c1-10-11-8-6-7-9-12(11)13(15(10)5)14(2,3)4;1-12(2,3)11-7-9-8-13-6-5-10(9)14(11)4;1-12(2,3)11-7-9-5-6-13-8-10(9)14(11)4;1-12(2,3)10-8-9-6-5-7-13-11(9)14(10)4;1-12(2,3)11-13-9-7-5-6-8-10(9)14(11)4;1-12(2,3)11-9-7-5-6-8-10(9)13-14(11)4/h6-9H,1-5H3;5*5-8H,1-4H3. The van der Waals surface area contributed by atoms with Gasteiger partial charge in [0.05, 0.1) is 39.5 Å². The zero-order chi connectivity index (χ0) is 62.9. The number of rotatable bonds is 0. The van der Waals surface area contributed by atoms with Crippen molar-refractivity contribution in [2.24, 2.45) is 42.3 Å². The van der Waals surface area contributed by atoms with E-state index in [2.05, 4.69) is 312 Å². The third kappa shape index (κ3) is 14.5. The van der Waals surface area contributed by atoms with Gasteiger partial charge in [0.15, 0.2) is 0 Å². The predicted octanol–water partition coefficient (Wildman–Crippen LogP) is 18.1. The molecule has 0 aliphatic rings. The first-order chi connectivity index (χ1) is 39.4. The lowest BCUT2D eigenvalue weighted by Gasteiger charge is -2.21. The van der Waals surface area contributed by atoms with Crippen molar-refractivity contribution in [2.45, 2.75) is 164 Å². The van der Waals surface area contributed by atoms with Crippen molar-refractivity contribution in [1.82, 2.24) is 52.6 Å². The minimum atomic E-state index is 0.105. The van der Waals surface area contributed by atoms with E-state index < -0.39 is 0 Å². The van der Waals surface area contributed by atoms with Crippen LogP contribution in [0.25, 0.3) is 65.5 Å². The van der Waals surface area contributed by atoms with Crippen LogP contribution in [0.5, 0.6) is 0 Å². The van der Waals surface area contributed by atoms with Gasteiger partial charge in [0, 0.05) is 160 Å². The summed E-state index contributed by atoms with van der Waals surface area (Å²) in [6.07, 6.45) is 9.37. The Labute approximate surface area is 508 Å². The van der Waals surface area contributed by atoms with Gasteiger partial charge in [-0.15, -0.1) is 0 Å². The fraction of sp³-hybridized carbons (Fsp3) is 0.419. The molecule has 9 aromatic heterocycles. The topological polar surface area (TPSA) is 94.0 Å². The quantitative estimate of drug-likeness (QED) is 0.151. The second-order valence-corrected chi connectivity index (χ2v) is 29.1. The number of hydrogen-bond acceptors (Lipinski definition) is 5. The number of benzene rings is 3. The van der Waals surface area contributed by atoms with Crippen LogP contribution in [-0.2, 0) is 74.8 Å². The second-order valence-electron chi connectivity index (χ2n) is 29.1. The maximum Gasteiger partial charge on any atom is 0.139 e. The van der Waals surface area contributed by atoms with Gasteiger partial charge in [-0.2, -0.15) is 5.10 Å². The van der Waals surface area contributed by atoms with Crippen molar-refractivity contribution in [3.05, 3.63) is 186 Å². The molecule has 11 nitrogen and oxygen atoms in total. The molecule has 0 spiro atoms. The molecule has 0 radical (unpaired) electrons. The van der Waals surface area contributed by atoms with Crippen LogP contribution in [0, 0.1) is 6.92 Å². The van der Waals surface area contributed by atoms with Crippen molar-refractivity contribution >= 4 is 65.5 Å². The molecule has 0 N–H and O–H groups in total. The monoisotopic (exact) mass is 1140 g/mol. The average Bonchev–Trinajstić information content (AvgIpc) is 2.27. The predicted molar refractivity (Wildman–Crippen MR) is 363 cm³/mol. The molecule has 0 fully saturated rings. The van der Waals surface area contributed by atoms with Gasteiger partial charge in [0.2, 0.25) is 0 Å². The Morgan fingerprint density at radius 3 is 1.39 bits per heavy atom. The molecule has 12 aromatic rings. The maximum atomic E-state index is 4.65. The van der Waals surface area contributed by atoms with E-state index in [1.807, 2.05) is 60.9 Å². The highest BCUT2D eigenvalue weighted by atomic mass is 15.3. The number of pyridine rings is 3. The molecule has 12 rings (SSSR count). The Morgan fingerprint density at radius 1 is 0.353 bits per heavy atom. The average molecular weight is 1140 g/mol. The summed E-state index contributed by atoms with van der Waals surface area (Å²) in [6.45, 7) is 42.3. The van der Waals surface area contributed by atoms with Crippen molar-refractivity contribution in [3.8, 4) is 0 Å². The van der Waals surface area contributed by atoms with Crippen LogP contribution in [0.4, 0.5) is 0 Å². The molecule has 11 heteroatoms. The van der Waals surface area contributed by atoms with Crippen LogP contribution in [0.15, 0.2) is 146 Å². The summed E-state index contributed by atoms with van der Waals surface area (Å²) in [7, 11) is 12.6. The molecule has 0 unspecified atom stereocenters. The molecule has 0 aliphatic heterocycles. The molecular formula is C74H99N11. The first-order valence-electron chi connectivity index (χ1n) is 30.0. The normalized spacial score (nSPS) is 12.3. The van der Waals surface area contributed by atoms with E-state index in [1.165, 1.54) is 83.0 Å². The Kier molecular flexibility index (Phi) is 18.8. The van der Waals surface area contributed by atoms with Crippen molar-refractivity contribution in [1.29, 1.82) is 0 Å². The van der Waals surface area contributed by atoms with E-state index in [-0.39, 0.29) is 32.5 Å². The molecule has 9 heterocycles. The van der Waals surface area contributed by atoms with E-state index in [0.717, 1.165) is 22.5 Å². The van der Waals surface area contributed by atoms with Gasteiger partial charge in [-0.3, -0.25) is 14.6 Å². The van der Waals surface area contributed by atoms with Crippen LogP contribution < -0.4 is 0 Å². The lowest BCUT2D eigenvalue weighted by molar-refractivity contribution is 0.526. The molecule has 450 valence electrons. The summed E-state index contributed by atoms with van der Waals surface area (Å²) in [5, 5.41) is 12.3. The smallest absolute Gasteiger partial charge is 0.139 e. The molecular weight excluding hydrogens is 1040 g/mol. The van der Waals surface area contributed by atoms with Gasteiger partial charge >= 0.3 is 0 Å². The Bertz CT molecular complexity index is 3840. The van der Waals surface area contributed by atoms with Gasteiger partial charge in [0.1, 0.15) is 11.5 Å². The SMILES string of the molecule is Cc1c2ccccc2c(C(C)(C)C)n1C.Cn1c(C(C)(C)C)cc2cccnc21.Cn1c(C(C)(C)C)cc2ccncc21.Cn1c(C(C)(C)C)cc2cnccc21.Cn1c(C(C)(C)C)nc2ccccc21.Cn1nc2ccccc2c1C(C)(C)C. The van der Waals surface area contributed by atoms with Crippen LogP contribution in [0.3, 0.4) is 0 Å². The highest BCUT2D eigenvalue weighted by Gasteiger charge is 2.25. The van der Waals surface area contributed by atoms with Gasteiger partial charge < -0.3 is 22.8 Å². The van der Waals surface area contributed by atoms with Gasteiger partial charge in [-0.1, -0.05) is 179 Å². The number of aryl methyl sites for hydroxylation is 6. The fourth-order valence-corrected chi connectivity index (χ4v) is 12.0. The highest BCUT2D eigenvalue weighted by Crippen LogP contribution is 2.35. The first-order valence-corrected chi connectivity index (χ1v) is 30.0.